The Morgan fingerprint density at radius 3 is 2.15 bits per heavy atom. The van der Waals surface area contributed by atoms with Gasteiger partial charge in [-0.15, -0.1) is 0 Å². The van der Waals surface area contributed by atoms with Crippen molar-refractivity contribution in [1.29, 1.82) is 0 Å². The van der Waals surface area contributed by atoms with E-state index in [1.165, 1.54) is 0 Å². The van der Waals surface area contributed by atoms with E-state index in [0.29, 0.717) is 6.42 Å². The fourth-order valence-electron chi connectivity index (χ4n) is 3.18. The van der Waals surface area contributed by atoms with Crippen LogP contribution in [0.4, 0.5) is 0 Å². The molecular formula is C22H38O12. The quantitative estimate of drug-likeness (QED) is 0.137. The zero-order valence-corrected chi connectivity index (χ0v) is 20.1. The van der Waals surface area contributed by atoms with Crippen molar-refractivity contribution in [2.75, 3.05) is 19.8 Å². The fraction of sp³-hybridized carbons (Fsp3) is 0.864. The molecule has 1 fully saturated rings. The normalized spacial score (nSPS) is 26.6. The number of ether oxygens (including phenoxy) is 5. The van der Waals surface area contributed by atoms with E-state index >= 15 is 0 Å². The molecule has 7 atom stereocenters. The summed E-state index contributed by atoms with van der Waals surface area (Å²) in [7, 11) is 0. The van der Waals surface area contributed by atoms with Crippen molar-refractivity contribution >= 4 is 17.9 Å². The predicted octanol–water partition coefficient (Wildman–Crippen LogP) is -0.574. The van der Waals surface area contributed by atoms with Gasteiger partial charge in [-0.3, -0.25) is 14.4 Å². The molecule has 7 unspecified atom stereocenters. The second-order valence-corrected chi connectivity index (χ2v) is 8.42. The van der Waals surface area contributed by atoms with E-state index in [-0.39, 0.29) is 6.42 Å². The van der Waals surface area contributed by atoms with Gasteiger partial charge in [0.15, 0.2) is 24.6 Å². The molecule has 0 saturated carbocycles. The largest absolute Gasteiger partial charge is 0.456 e. The summed E-state index contributed by atoms with van der Waals surface area (Å²) in [4.78, 5) is 36.7. The third-order valence-corrected chi connectivity index (χ3v) is 5.11. The first-order valence-electron chi connectivity index (χ1n) is 11.5. The Bertz CT molecular complexity index is 639. The lowest BCUT2D eigenvalue weighted by atomic mass is 9.98. The topological polar surface area (TPSA) is 178 Å². The SMILES string of the molecule is CCCCCC(=O)OC1C(OC(C)=O)C(CO)OC(OCC(O)C(O)CO)C1OC(=O)C(C)C. The summed E-state index contributed by atoms with van der Waals surface area (Å²) in [6.45, 7) is 4.32. The smallest absolute Gasteiger partial charge is 0.308 e. The number of aliphatic hydroxyl groups excluding tert-OH is 4. The molecule has 1 saturated heterocycles. The number of carbonyl (C=O) groups is 3. The van der Waals surface area contributed by atoms with E-state index < -0.39 is 86.6 Å². The van der Waals surface area contributed by atoms with Gasteiger partial charge in [0, 0.05) is 13.3 Å². The highest BCUT2D eigenvalue weighted by molar-refractivity contribution is 5.72. The van der Waals surface area contributed by atoms with Crippen LogP contribution in [0.15, 0.2) is 0 Å². The Labute approximate surface area is 199 Å². The molecule has 34 heavy (non-hydrogen) atoms. The second-order valence-electron chi connectivity index (χ2n) is 8.42. The van der Waals surface area contributed by atoms with Crippen LogP contribution in [0.2, 0.25) is 0 Å². The van der Waals surface area contributed by atoms with E-state index in [2.05, 4.69) is 0 Å². The highest BCUT2D eigenvalue weighted by Crippen LogP contribution is 2.30. The molecule has 1 aliphatic heterocycles. The summed E-state index contributed by atoms with van der Waals surface area (Å²) < 4.78 is 27.5. The van der Waals surface area contributed by atoms with Crippen LogP contribution in [0.5, 0.6) is 0 Å². The van der Waals surface area contributed by atoms with Crippen LogP contribution in [0.25, 0.3) is 0 Å². The van der Waals surface area contributed by atoms with Crippen molar-refractivity contribution < 1.29 is 58.5 Å². The third kappa shape index (κ3) is 9.43. The van der Waals surface area contributed by atoms with Gasteiger partial charge in [0.1, 0.15) is 18.3 Å². The Balaban J connectivity index is 3.25. The van der Waals surface area contributed by atoms with Gasteiger partial charge in [-0.1, -0.05) is 33.6 Å². The first-order valence-corrected chi connectivity index (χ1v) is 11.5. The van der Waals surface area contributed by atoms with Crippen LogP contribution < -0.4 is 0 Å². The number of unbranched alkanes of at least 4 members (excludes halogenated alkanes) is 2. The molecule has 0 aromatic rings. The molecule has 1 rings (SSSR count). The zero-order chi connectivity index (χ0) is 25.8. The van der Waals surface area contributed by atoms with Crippen LogP contribution in [0, 0.1) is 5.92 Å². The van der Waals surface area contributed by atoms with Crippen LogP contribution in [0.1, 0.15) is 53.4 Å². The van der Waals surface area contributed by atoms with Gasteiger partial charge in [0.05, 0.1) is 25.7 Å². The number of hydrogen-bond acceptors (Lipinski definition) is 12. The Kier molecular flexibility index (Phi) is 13.5. The lowest BCUT2D eigenvalue weighted by Crippen LogP contribution is -2.63. The van der Waals surface area contributed by atoms with Gasteiger partial charge in [-0.05, 0) is 6.42 Å². The molecule has 1 heterocycles. The van der Waals surface area contributed by atoms with Gasteiger partial charge in [-0.25, -0.2) is 0 Å². The van der Waals surface area contributed by atoms with Crippen LogP contribution in [-0.2, 0) is 38.1 Å². The Hall–Kier alpha value is -1.83. The molecule has 0 spiro atoms. The van der Waals surface area contributed by atoms with Gasteiger partial charge in [0.2, 0.25) is 0 Å². The molecule has 0 aromatic carbocycles. The maximum absolute atomic E-state index is 12.5. The van der Waals surface area contributed by atoms with Crippen molar-refractivity contribution in [3.05, 3.63) is 0 Å². The minimum absolute atomic E-state index is 0.0690. The number of aliphatic hydroxyl groups is 4. The van der Waals surface area contributed by atoms with E-state index in [4.69, 9.17) is 28.8 Å². The third-order valence-electron chi connectivity index (χ3n) is 5.11. The zero-order valence-electron chi connectivity index (χ0n) is 20.1. The summed E-state index contributed by atoms with van der Waals surface area (Å²) in [6.07, 6.45) is -7.50. The minimum Gasteiger partial charge on any atom is -0.456 e. The molecule has 0 amide bonds. The van der Waals surface area contributed by atoms with Crippen molar-refractivity contribution in [3.8, 4) is 0 Å². The minimum atomic E-state index is -1.51. The molecule has 0 aromatic heterocycles. The van der Waals surface area contributed by atoms with Crippen LogP contribution in [0.3, 0.4) is 0 Å². The maximum Gasteiger partial charge on any atom is 0.308 e. The van der Waals surface area contributed by atoms with Crippen LogP contribution >= 0.6 is 0 Å². The Morgan fingerprint density at radius 1 is 0.941 bits per heavy atom. The summed E-state index contributed by atoms with van der Waals surface area (Å²) in [5, 5.41) is 38.3. The molecule has 12 heteroatoms. The highest BCUT2D eigenvalue weighted by Gasteiger charge is 2.52. The van der Waals surface area contributed by atoms with Crippen molar-refractivity contribution in [1.82, 2.24) is 0 Å². The molecule has 0 radical (unpaired) electrons. The number of carbonyl (C=O) groups excluding carboxylic acids is 3. The predicted molar refractivity (Wildman–Crippen MR) is 115 cm³/mol. The standard InChI is InChI=1S/C22H38O12/c1-5-6-7-8-17(28)33-19-18(31-13(4)25)16(10-24)32-22(20(19)34-21(29)12(2)3)30-11-15(27)14(26)9-23/h12,14-16,18-20,22-24,26-27H,5-11H2,1-4H3. The van der Waals surface area contributed by atoms with E-state index in [9.17, 15) is 29.7 Å². The first kappa shape index (κ1) is 30.2. The molecule has 198 valence electrons. The Morgan fingerprint density at radius 2 is 1.62 bits per heavy atom. The fourth-order valence-corrected chi connectivity index (χ4v) is 3.18. The average molecular weight is 495 g/mol. The summed E-state index contributed by atoms with van der Waals surface area (Å²) >= 11 is 0. The number of esters is 3. The summed E-state index contributed by atoms with van der Waals surface area (Å²) in [6, 6.07) is 0. The van der Waals surface area contributed by atoms with Gasteiger partial charge in [0.25, 0.3) is 0 Å². The molecule has 4 N–H and O–H groups in total. The molecule has 0 bridgehead atoms. The summed E-state index contributed by atoms with van der Waals surface area (Å²) in [5.41, 5.74) is 0. The van der Waals surface area contributed by atoms with Gasteiger partial charge >= 0.3 is 17.9 Å². The lowest BCUT2D eigenvalue weighted by Gasteiger charge is -2.44. The van der Waals surface area contributed by atoms with Gasteiger partial charge in [-0.2, -0.15) is 0 Å². The molecular weight excluding hydrogens is 456 g/mol. The first-order chi connectivity index (χ1) is 16.0. The molecule has 1 aliphatic rings. The van der Waals surface area contributed by atoms with Crippen molar-refractivity contribution in [3.63, 3.8) is 0 Å². The van der Waals surface area contributed by atoms with Crippen molar-refractivity contribution in [2.45, 2.75) is 96.3 Å². The lowest BCUT2D eigenvalue weighted by molar-refractivity contribution is -0.313. The monoisotopic (exact) mass is 494 g/mol. The van der Waals surface area contributed by atoms with E-state index in [0.717, 1.165) is 19.8 Å². The number of hydrogen-bond donors (Lipinski definition) is 4. The van der Waals surface area contributed by atoms with Crippen LogP contribution in [-0.4, -0.2) is 101 Å². The van der Waals surface area contributed by atoms with E-state index in [1.54, 1.807) is 13.8 Å². The van der Waals surface area contributed by atoms with Gasteiger partial charge < -0.3 is 44.1 Å². The summed E-state index contributed by atoms with van der Waals surface area (Å²) in [5.74, 6) is -2.64. The second kappa shape index (κ2) is 15.2. The number of rotatable bonds is 14. The average Bonchev–Trinajstić information content (AvgIpc) is 2.79. The van der Waals surface area contributed by atoms with Crippen molar-refractivity contribution in [2.24, 2.45) is 5.92 Å². The van der Waals surface area contributed by atoms with E-state index in [1.807, 2.05) is 6.92 Å². The molecule has 0 aliphatic carbocycles. The maximum atomic E-state index is 12.5. The molecule has 12 nitrogen and oxygen atoms in total. The highest BCUT2D eigenvalue weighted by atomic mass is 16.7.